The maximum atomic E-state index is 4.64. The number of benzene rings is 1. The topological polar surface area (TPSA) is 57.5 Å². The Morgan fingerprint density at radius 3 is 2.60 bits per heavy atom. The van der Waals surface area contributed by atoms with E-state index in [1.165, 1.54) is 44.5 Å². The van der Waals surface area contributed by atoms with Crippen LogP contribution in [-0.4, -0.2) is 53.9 Å². The summed E-state index contributed by atoms with van der Waals surface area (Å²) in [5.74, 6) is 1.76. The zero-order valence-corrected chi connectivity index (χ0v) is 19.1. The molecule has 0 atom stereocenters. The minimum atomic E-state index is 0.708. The van der Waals surface area contributed by atoms with Gasteiger partial charge in [-0.2, -0.15) is 5.10 Å². The summed E-state index contributed by atoms with van der Waals surface area (Å²) in [6, 6.07) is 10.5. The molecular weight excluding hydrogens is 372 g/mol. The van der Waals surface area contributed by atoms with Gasteiger partial charge in [0.05, 0.1) is 11.4 Å². The molecule has 1 aliphatic heterocycles. The standard InChI is InChI=1S/C24H38N6/c1-19-11-15-29(16-12-19)14-8-7-13-26-24(25-4)27-18-22-9-5-6-10-23(22)30-21(3)17-20(2)28-30/h5-6,9-10,17,19H,7-8,11-16,18H2,1-4H3,(H2,25,26,27). The van der Waals surface area contributed by atoms with E-state index in [0.717, 1.165) is 41.9 Å². The predicted octanol–water partition coefficient (Wildman–Crippen LogP) is 3.67. The van der Waals surface area contributed by atoms with E-state index in [2.05, 4.69) is 69.8 Å². The van der Waals surface area contributed by atoms with Crippen LogP contribution in [0, 0.1) is 19.8 Å². The SMILES string of the molecule is CN=C(NCCCCN1CCC(C)CC1)NCc1ccccc1-n1nc(C)cc1C. The molecule has 6 nitrogen and oxygen atoms in total. The highest BCUT2D eigenvalue weighted by Crippen LogP contribution is 2.17. The number of hydrogen-bond donors (Lipinski definition) is 2. The molecule has 6 heteroatoms. The first kappa shape index (κ1) is 22.3. The summed E-state index contributed by atoms with van der Waals surface area (Å²) in [5, 5.41) is 11.6. The van der Waals surface area contributed by atoms with Gasteiger partial charge >= 0.3 is 0 Å². The van der Waals surface area contributed by atoms with Crippen LogP contribution in [0.1, 0.15) is 49.6 Å². The van der Waals surface area contributed by atoms with E-state index < -0.39 is 0 Å². The van der Waals surface area contributed by atoms with Gasteiger partial charge in [0.1, 0.15) is 0 Å². The molecule has 30 heavy (non-hydrogen) atoms. The summed E-state index contributed by atoms with van der Waals surface area (Å²) < 4.78 is 2.02. The van der Waals surface area contributed by atoms with Crippen molar-refractivity contribution in [2.24, 2.45) is 10.9 Å². The number of nitrogens with zero attached hydrogens (tertiary/aromatic N) is 4. The Balaban J connectivity index is 1.43. The van der Waals surface area contributed by atoms with E-state index in [4.69, 9.17) is 0 Å². The Kier molecular flexibility index (Phi) is 8.31. The third kappa shape index (κ3) is 6.33. The van der Waals surface area contributed by atoms with Crippen LogP contribution in [0.15, 0.2) is 35.3 Å². The molecule has 1 aliphatic rings. The Bertz CT molecular complexity index is 817. The number of aromatic nitrogens is 2. The van der Waals surface area contributed by atoms with Crippen LogP contribution in [0.3, 0.4) is 0 Å². The van der Waals surface area contributed by atoms with Gasteiger partial charge in [-0.05, 0) is 82.8 Å². The van der Waals surface area contributed by atoms with Crippen LogP contribution in [0.25, 0.3) is 5.69 Å². The molecule has 0 bridgehead atoms. The fraction of sp³-hybridized carbons (Fsp3) is 0.583. The lowest BCUT2D eigenvalue weighted by Crippen LogP contribution is -2.38. The van der Waals surface area contributed by atoms with Crippen molar-refractivity contribution in [3.05, 3.63) is 47.3 Å². The van der Waals surface area contributed by atoms with Crippen molar-refractivity contribution in [2.45, 2.75) is 53.0 Å². The van der Waals surface area contributed by atoms with E-state index >= 15 is 0 Å². The van der Waals surface area contributed by atoms with Crippen LogP contribution < -0.4 is 10.6 Å². The molecule has 0 unspecified atom stereocenters. The maximum Gasteiger partial charge on any atom is 0.191 e. The number of unbranched alkanes of at least 4 members (excludes halogenated alkanes) is 1. The number of aliphatic imine (C=N–C) groups is 1. The summed E-state index contributed by atoms with van der Waals surface area (Å²) in [6.07, 6.45) is 5.11. The molecule has 0 aliphatic carbocycles. The Hall–Kier alpha value is -2.34. The van der Waals surface area contributed by atoms with Gasteiger partial charge in [0.2, 0.25) is 0 Å². The largest absolute Gasteiger partial charge is 0.356 e. The van der Waals surface area contributed by atoms with Crippen LogP contribution in [0.4, 0.5) is 0 Å². The van der Waals surface area contributed by atoms with Gasteiger partial charge in [-0.1, -0.05) is 25.1 Å². The fourth-order valence-electron chi connectivity index (χ4n) is 4.09. The van der Waals surface area contributed by atoms with Gasteiger partial charge in [0, 0.05) is 25.8 Å². The second-order valence-electron chi connectivity index (χ2n) is 8.55. The first-order valence-corrected chi connectivity index (χ1v) is 11.3. The molecule has 2 heterocycles. The Labute approximate surface area is 181 Å². The molecule has 1 saturated heterocycles. The molecule has 0 amide bonds. The van der Waals surface area contributed by atoms with Gasteiger partial charge in [-0.15, -0.1) is 0 Å². The summed E-state index contributed by atoms with van der Waals surface area (Å²) >= 11 is 0. The molecular formula is C24H38N6. The normalized spacial score (nSPS) is 16.1. The van der Waals surface area contributed by atoms with E-state index in [9.17, 15) is 0 Å². The number of aryl methyl sites for hydroxylation is 2. The molecule has 2 aromatic rings. The highest BCUT2D eigenvalue weighted by molar-refractivity contribution is 5.79. The lowest BCUT2D eigenvalue weighted by molar-refractivity contribution is 0.189. The number of guanidine groups is 1. The van der Waals surface area contributed by atoms with Crippen molar-refractivity contribution in [1.82, 2.24) is 25.3 Å². The first-order chi connectivity index (χ1) is 14.6. The average Bonchev–Trinajstić information content (AvgIpc) is 3.09. The second-order valence-corrected chi connectivity index (χ2v) is 8.55. The van der Waals surface area contributed by atoms with E-state index in [1.54, 1.807) is 0 Å². The van der Waals surface area contributed by atoms with Crippen molar-refractivity contribution in [3.8, 4) is 5.69 Å². The highest BCUT2D eigenvalue weighted by Gasteiger charge is 2.14. The number of likely N-dealkylation sites (tertiary alicyclic amines) is 1. The number of piperidine rings is 1. The molecule has 164 valence electrons. The van der Waals surface area contributed by atoms with Gasteiger partial charge in [0.25, 0.3) is 0 Å². The van der Waals surface area contributed by atoms with Gasteiger partial charge < -0.3 is 15.5 Å². The Morgan fingerprint density at radius 1 is 1.13 bits per heavy atom. The molecule has 3 rings (SSSR count). The summed E-state index contributed by atoms with van der Waals surface area (Å²) in [4.78, 5) is 7.00. The quantitative estimate of drug-likeness (QED) is 0.396. The molecule has 1 aromatic heterocycles. The lowest BCUT2D eigenvalue weighted by atomic mass is 9.99. The van der Waals surface area contributed by atoms with Crippen LogP contribution in [0.5, 0.6) is 0 Å². The van der Waals surface area contributed by atoms with Crippen molar-refractivity contribution in [1.29, 1.82) is 0 Å². The van der Waals surface area contributed by atoms with Crippen LogP contribution >= 0.6 is 0 Å². The minimum absolute atomic E-state index is 0.708. The lowest BCUT2D eigenvalue weighted by Gasteiger charge is -2.30. The number of nitrogens with one attached hydrogen (secondary N) is 2. The molecule has 1 aromatic carbocycles. The van der Waals surface area contributed by atoms with E-state index in [1.807, 2.05) is 18.7 Å². The molecule has 2 N–H and O–H groups in total. The number of hydrogen-bond acceptors (Lipinski definition) is 3. The van der Waals surface area contributed by atoms with Gasteiger partial charge in [-0.3, -0.25) is 4.99 Å². The summed E-state index contributed by atoms with van der Waals surface area (Å²) in [6.45, 7) is 11.9. The minimum Gasteiger partial charge on any atom is -0.356 e. The first-order valence-electron chi connectivity index (χ1n) is 11.3. The maximum absolute atomic E-state index is 4.64. The zero-order valence-electron chi connectivity index (χ0n) is 19.1. The molecule has 0 spiro atoms. The smallest absolute Gasteiger partial charge is 0.191 e. The van der Waals surface area contributed by atoms with Crippen LogP contribution in [-0.2, 0) is 6.54 Å². The van der Waals surface area contributed by atoms with Crippen molar-refractivity contribution >= 4 is 5.96 Å². The van der Waals surface area contributed by atoms with Gasteiger partial charge in [0.15, 0.2) is 5.96 Å². The highest BCUT2D eigenvalue weighted by atomic mass is 15.3. The van der Waals surface area contributed by atoms with E-state index in [-0.39, 0.29) is 0 Å². The molecule has 0 radical (unpaired) electrons. The molecule has 1 fully saturated rings. The third-order valence-corrected chi connectivity index (χ3v) is 5.97. The van der Waals surface area contributed by atoms with Crippen molar-refractivity contribution < 1.29 is 0 Å². The van der Waals surface area contributed by atoms with Crippen molar-refractivity contribution in [3.63, 3.8) is 0 Å². The predicted molar refractivity (Wildman–Crippen MR) is 125 cm³/mol. The van der Waals surface area contributed by atoms with E-state index in [0.29, 0.717) is 6.54 Å². The third-order valence-electron chi connectivity index (χ3n) is 5.97. The zero-order chi connectivity index (χ0) is 21.3. The molecule has 0 saturated carbocycles. The summed E-state index contributed by atoms with van der Waals surface area (Å²) in [7, 11) is 1.83. The van der Waals surface area contributed by atoms with Crippen molar-refractivity contribution in [2.75, 3.05) is 33.2 Å². The second kappa shape index (κ2) is 11.2. The fourth-order valence-corrected chi connectivity index (χ4v) is 4.09. The number of rotatable bonds is 8. The van der Waals surface area contributed by atoms with Gasteiger partial charge in [-0.25, -0.2) is 4.68 Å². The Morgan fingerprint density at radius 2 is 1.90 bits per heavy atom. The number of para-hydroxylation sites is 1. The monoisotopic (exact) mass is 410 g/mol. The van der Waals surface area contributed by atoms with Crippen LogP contribution in [0.2, 0.25) is 0 Å². The summed E-state index contributed by atoms with van der Waals surface area (Å²) in [5.41, 5.74) is 4.49. The average molecular weight is 411 g/mol.